The minimum atomic E-state index is -3.08. The number of rotatable bonds is 11. The number of benzene rings is 2. The Bertz CT molecular complexity index is 1660. The van der Waals surface area contributed by atoms with Crippen LogP contribution in [0.25, 0.3) is 22.2 Å². The van der Waals surface area contributed by atoms with E-state index in [1.807, 2.05) is 63.4 Å². The molecule has 0 fully saturated rings. The van der Waals surface area contributed by atoms with Crippen LogP contribution >= 0.6 is 0 Å². The predicted molar refractivity (Wildman–Crippen MR) is 169 cm³/mol. The molecule has 0 saturated heterocycles. The lowest BCUT2D eigenvalue weighted by atomic mass is 9.78. The SMILES string of the molecule is C=CCCC(F)(F)C(Cc1cc(CC)c2ncc(C)cc2c1)c1cc(C(C)(C#N)C=C)c(C)c(-c2ccc(C)cc2)n1. The summed E-state index contributed by atoms with van der Waals surface area (Å²) in [5.41, 5.74) is 6.85. The third-order valence-corrected chi connectivity index (χ3v) is 8.25. The summed E-state index contributed by atoms with van der Waals surface area (Å²) in [5, 5.41) is 11.1. The number of nitriles is 1. The normalized spacial score (nSPS) is 13.8. The number of hydrogen-bond donors (Lipinski definition) is 0. The topological polar surface area (TPSA) is 49.6 Å². The molecule has 0 N–H and O–H groups in total. The Morgan fingerprint density at radius 1 is 1.02 bits per heavy atom. The zero-order valence-corrected chi connectivity index (χ0v) is 25.3. The van der Waals surface area contributed by atoms with E-state index < -0.39 is 17.3 Å². The summed E-state index contributed by atoms with van der Waals surface area (Å²) in [4.78, 5) is 9.57. The van der Waals surface area contributed by atoms with Gasteiger partial charge in [-0.1, -0.05) is 55.0 Å². The van der Waals surface area contributed by atoms with E-state index >= 15 is 8.78 Å². The van der Waals surface area contributed by atoms with Gasteiger partial charge in [-0.25, -0.2) is 8.78 Å². The molecule has 2 atom stereocenters. The number of aryl methyl sites for hydroxylation is 3. The second-order valence-electron chi connectivity index (χ2n) is 11.5. The zero-order chi connectivity index (χ0) is 30.7. The molecule has 0 aliphatic carbocycles. The largest absolute Gasteiger partial charge is 0.257 e. The fraction of sp³-hybridized carbons (Fsp3) is 0.324. The van der Waals surface area contributed by atoms with Crippen molar-refractivity contribution in [2.75, 3.05) is 0 Å². The summed E-state index contributed by atoms with van der Waals surface area (Å²) in [6, 6.07) is 17.9. The number of alkyl halides is 2. The maximum absolute atomic E-state index is 16.3. The molecular weight excluding hydrogens is 524 g/mol. The molecule has 4 aromatic rings. The lowest BCUT2D eigenvalue weighted by Gasteiger charge is -2.30. The van der Waals surface area contributed by atoms with Crippen molar-refractivity contribution in [3.63, 3.8) is 0 Å². The van der Waals surface area contributed by atoms with Crippen molar-refractivity contribution in [1.29, 1.82) is 5.26 Å². The number of allylic oxidation sites excluding steroid dienone is 2. The summed E-state index contributed by atoms with van der Waals surface area (Å²) in [6.07, 6.45) is 5.59. The van der Waals surface area contributed by atoms with Crippen molar-refractivity contribution in [1.82, 2.24) is 9.97 Å². The highest BCUT2D eigenvalue weighted by molar-refractivity contribution is 5.83. The van der Waals surface area contributed by atoms with Crippen molar-refractivity contribution in [2.24, 2.45) is 0 Å². The molecule has 0 spiro atoms. The summed E-state index contributed by atoms with van der Waals surface area (Å²) in [7, 11) is 0. The molecule has 42 heavy (non-hydrogen) atoms. The van der Waals surface area contributed by atoms with Crippen LogP contribution in [-0.2, 0) is 18.3 Å². The third kappa shape index (κ3) is 6.19. The Morgan fingerprint density at radius 2 is 1.74 bits per heavy atom. The van der Waals surface area contributed by atoms with E-state index in [9.17, 15) is 5.26 Å². The molecule has 216 valence electrons. The number of nitrogens with zero attached hydrogens (tertiary/aromatic N) is 3. The van der Waals surface area contributed by atoms with Gasteiger partial charge in [0.05, 0.1) is 34.3 Å². The zero-order valence-electron chi connectivity index (χ0n) is 25.3. The molecule has 0 saturated carbocycles. The molecule has 2 heterocycles. The lowest BCUT2D eigenvalue weighted by Crippen LogP contribution is -2.30. The monoisotopic (exact) mass is 563 g/mol. The fourth-order valence-corrected chi connectivity index (χ4v) is 5.62. The van der Waals surface area contributed by atoms with Crippen LogP contribution in [0.1, 0.15) is 71.7 Å². The van der Waals surface area contributed by atoms with E-state index in [-0.39, 0.29) is 25.0 Å². The maximum atomic E-state index is 16.3. The molecule has 0 aliphatic heterocycles. The maximum Gasteiger partial charge on any atom is 0.257 e. The molecule has 2 aromatic heterocycles. The van der Waals surface area contributed by atoms with Crippen LogP contribution in [0.5, 0.6) is 0 Å². The van der Waals surface area contributed by atoms with Gasteiger partial charge >= 0.3 is 0 Å². The van der Waals surface area contributed by atoms with Gasteiger partial charge in [0.2, 0.25) is 0 Å². The molecule has 0 amide bonds. The Hall–Kier alpha value is -4.17. The summed E-state index contributed by atoms with van der Waals surface area (Å²) < 4.78 is 32.6. The quantitative estimate of drug-likeness (QED) is 0.171. The van der Waals surface area contributed by atoms with E-state index in [0.29, 0.717) is 11.3 Å². The first kappa shape index (κ1) is 30.8. The van der Waals surface area contributed by atoms with Gasteiger partial charge < -0.3 is 0 Å². The molecule has 0 aliphatic rings. The summed E-state index contributed by atoms with van der Waals surface area (Å²) in [5.74, 6) is -4.31. The first-order valence-electron chi connectivity index (χ1n) is 14.5. The summed E-state index contributed by atoms with van der Waals surface area (Å²) in [6.45, 7) is 17.3. The van der Waals surface area contributed by atoms with Gasteiger partial charge in [-0.3, -0.25) is 9.97 Å². The van der Waals surface area contributed by atoms with Crippen LogP contribution in [0.15, 0.2) is 80.0 Å². The van der Waals surface area contributed by atoms with Gasteiger partial charge in [0.15, 0.2) is 0 Å². The molecule has 0 bridgehead atoms. The van der Waals surface area contributed by atoms with Gasteiger partial charge in [-0.2, -0.15) is 5.26 Å². The van der Waals surface area contributed by atoms with E-state index in [4.69, 9.17) is 4.98 Å². The van der Waals surface area contributed by atoms with Crippen molar-refractivity contribution in [3.8, 4) is 17.3 Å². The Balaban J connectivity index is 1.98. The van der Waals surface area contributed by atoms with E-state index in [1.54, 1.807) is 19.1 Å². The first-order valence-corrected chi connectivity index (χ1v) is 14.5. The van der Waals surface area contributed by atoms with Crippen LogP contribution in [-0.4, -0.2) is 15.9 Å². The molecule has 5 heteroatoms. The fourth-order valence-electron chi connectivity index (χ4n) is 5.62. The average molecular weight is 564 g/mol. The van der Waals surface area contributed by atoms with Crippen molar-refractivity contribution < 1.29 is 8.78 Å². The minimum Gasteiger partial charge on any atom is -0.256 e. The Kier molecular flexibility index (Phi) is 9.06. The van der Waals surface area contributed by atoms with Gasteiger partial charge in [0.1, 0.15) is 0 Å². The standard InChI is InChI=1S/C37H39F2N3/c1-8-11-16-37(38,39)32(20-27-18-28(9-2)35-30(19-27)17-25(5)22-41-35)33-21-31(36(7,10-3)23-40)26(6)34(42-33)29-14-12-24(4)13-15-29/h8,10,12-15,17-19,21-22,32H,1,3,9,11,16,20H2,2,4-7H3. The Labute approximate surface area is 248 Å². The van der Waals surface area contributed by atoms with E-state index in [0.717, 1.165) is 50.7 Å². The number of fused-ring (bicyclic) bond motifs is 1. The van der Waals surface area contributed by atoms with Gasteiger partial charge in [0, 0.05) is 23.6 Å². The molecule has 3 nitrogen and oxygen atoms in total. The minimum absolute atomic E-state index is 0.0845. The number of aromatic nitrogens is 2. The summed E-state index contributed by atoms with van der Waals surface area (Å²) >= 11 is 0. The lowest BCUT2D eigenvalue weighted by molar-refractivity contribution is -0.0360. The highest BCUT2D eigenvalue weighted by Gasteiger charge is 2.42. The smallest absolute Gasteiger partial charge is 0.256 e. The number of pyridine rings is 2. The van der Waals surface area contributed by atoms with E-state index in [1.165, 1.54) is 6.08 Å². The van der Waals surface area contributed by atoms with Crippen LogP contribution in [0, 0.1) is 32.1 Å². The van der Waals surface area contributed by atoms with Gasteiger partial charge in [0.25, 0.3) is 5.92 Å². The molecule has 2 unspecified atom stereocenters. The molecule has 4 rings (SSSR count). The Morgan fingerprint density at radius 3 is 2.36 bits per heavy atom. The van der Waals surface area contributed by atoms with Crippen LogP contribution in [0.4, 0.5) is 8.78 Å². The molecular formula is C37H39F2N3. The third-order valence-electron chi connectivity index (χ3n) is 8.25. The highest BCUT2D eigenvalue weighted by Crippen LogP contribution is 2.43. The number of halogens is 2. The molecule has 2 aromatic carbocycles. The molecule has 0 radical (unpaired) electrons. The van der Waals surface area contributed by atoms with Crippen LogP contribution < -0.4 is 0 Å². The van der Waals surface area contributed by atoms with Crippen molar-refractivity contribution in [2.45, 2.75) is 77.6 Å². The highest BCUT2D eigenvalue weighted by atomic mass is 19.3. The second kappa shape index (κ2) is 12.4. The van der Waals surface area contributed by atoms with Crippen molar-refractivity contribution in [3.05, 3.63) is 119 Å². The average Bonchev–Trinajstić information content (AvgIpc) is 2.98. The first-order chi connectivity index (χ1) is 20.0. The van der Waals surface area contributed by atoms with Crippen LogP contribution in [0.2, 0.25) is 0 Å². The van der Waals surface area contributed by atoms with Crippen LogP contribution in [0.3, 0.4) is 0 Å². The van der Waals surface area contributed by atoms with Gasteiger partial charge in [-0.05, 0) is 93.0 Å². The van der Waals surface area contributed by atoms with Crippen molar-refractivity contribution >= 4 is 10.9 Å². The predicted octanol–water partition coefficient (Wildman–Crippen LogP) is 9.68. The second-order valence-corrected chi connectivity index (χ2v) is 11.5. The number of hydrogen-bond acceptors (Lipinski definition) is 3. The van der Waals surface area contributed by atoms with E-state index in [2.05, 4.69) is 37.2 Å². The van der Waals surface area contributed by atoms with Gasteiger partial charge in [-0.15, -0.1) is 13.2 Å².